The van der Waals surface area contributed by atoms with E-state index in [1.165, 1.54) is 16.5 Å². The van der Waals surface area contributed by atoms with Crippen LogP contribution in [0.15, 0.2) is 91.5 Å². The summed E-state index contributed by atoms with van der Waals surface area (Å²) in [5.74, 6) is 0.830. The number of aromatic amines is 1. The number of fused-ring (bicyclic) bond motifs is 1. The number of benzene rings is 1. The average molecular weight is 391 g/mol. The largest absolute Gasteiger partial charge is 0.370 e. The number of anilines is 1. The zero-order valence-corrected chi connectivity index (χ0v) is 16.4. The molecular formula is C25H21N5. The second-order valence-electron chi connectivity index (χ2n) is 7.12. The standard InChI is InChI=1S/C25H21N5/c1-2-8-22-21(7-1)19(17-29-22)10-13-28-25-15-20(18-6-5-11-26-16-18)14-24(30-25)23-9-3-4-12-27-23/h1-9,11-12,14-17,29H,10,13H2,(H,28,30). The molecule has 0 atom stereocenters. The molecule has 5 rings (SSSR count). The Hall–Kier alpha value is -3.99. The third kappa shape index (κ3) is 3.78. The topological polar surface area (TPSA) is 66.5 Å². The van der Waals surface area contributed by atoms with E-state index in [-0.39, 0.29) is 0 Å². The van der Waals surface area contributed by atoms with E-state index in [1.807, 2.05) is 36.5 Å². The number of hydrogen-bond acceptors (Lipinski definition) is 4. The molecule has 5 nitrogen and oxygen atoms in total. The Labute approximate surface area is 174 Å². The van der Waals surface area contributed by atoms with Gasteiger partial charge >= 0.3 is 0 Å². The van der Waals surface area contributed by atoms with Crippen molar-refractivity contribution < 1.29 is 0 Å². The van der Waals surface area contributed by atoms with Crippen molar-refractivity contribution in [1.29, 1.82) is 0 Å². The Morgan fingerprint density at radius 2 is 1.77 bits per heavy atom. The van der Waals surface area contributed by atoms with Crippen molar-refractivity contribution in [2.24, 2.45) is 0 Å². The van der Waals surface area contributed by atoms with Crippen LogP contribution in [0.5, 0.6) is 0 Å². The Balaban J connectivity index is 1.42. The number of para-hydroxylation sites is 1. The zero-order valence-electron chi connectivity index (χ0n) is 16.4. The second-order valence-corrected chi connectivity index (χ2v) is 7.12. The van der Waals surface area contributed by atoms with Gasteiger partial charge in [-0.2, -0.15) is 0 Å². The Morgan fingerprint density at radius 1 is 0.833 bits per heavy atom. The van der Waals surface area contributed by atoms with Gasteiger partial charge in [-0.1, -0.05) is 30.3 Å². The summed E-state index contributed by atoms with van der Waals surface area (Å²) >= 11 is 0. The minimum atomic E-state index is 0.785. The quantitative estimate of drug-likeness (QED) is 0.410. The molecule has 0 radical (unpaired) electrons. The van der Waals surface area contributed by atoms with Crippen LogP contribution in [0.4, 0.5) is 5.82 Å². The van der Waals surface area contributed by atoms with Gasteiger partial charge in [-0.3, -0.25) is 9.97 Å². The third-order valence-electron chi connectivity index (χ3n) is 5.12. The van der Waals surface area contributed by atoms with Crippen molar-refractivity contribution in [2.75, 3.05) is 11.9 Å². The van der Waals surface area contributed by atoms with Gasteiger partial charge < -0.3 is 10.3 Å². The van der Waals surface area contributed by atoms with Crippen LogP contribution in [0.2, 0.25) is 0 Å². The van der Waals surface area contributed by atoms with Crippen LogP contribution in [-0.4, -0.2) is 26.5 Å². The number of rotatable bonds is 6. The molecule has 5 heteroatoms. The first-order chi connectivity index (χ1) is 14.9. The molecule has 0 saturated heterocycles. The monoisotopic (exact) mass is 391 g/mol. The van der Waals surface area contributed by atoms with E-state index in [9.17, 15) is 0 Å². The maximum Gasteiger partial charge on any atom is 0.127 e. The van der Waals surface area contributed by atoms with Crippen LogP contribution < -0.4 is 5.32 Å². The van der Waals surface area contributed by atoms with Crippen LogP contribution >= 0.6 is 0 Å². The Morgan fingerprint density at radius 3 is 2.63 bits per heavy atom. The number of H-pyrrole nitrogens is 1. The molecular weight excluding hydrogens is 370 g/mol. The number of hydrogen-bond donors (Lipinski definition) is 2. The summed E-state index contributed by atoms with van der Waals surface area (Å²) in [6.45, 7) is 0.785. The molecule has 0 fully saturated rings. The highest BCUT2D eigenvalue weighted by Gasteiger charge is 2.09. The predicted octanol–water partition coefficient (Wildman–Crippen LogP) is 5.34. The van der Waals surface area contributed by atoms with E-state index >= 15 is 0 Å². The van der Waals surface area contributed by atoms with Crippen molar-refractivity contribution >= 4 is 16.7 Å². The summed E-state index contributed by atoms with van der Waals surface area (Å²) in [5.41, 5.74) is 6.27. The van der Waals surface area contributed by atoms with E-state index in [1.54, 1.807) is 12.4 Å². The number of nitrogens with one attached hydrogen (secondary N) is 2. The normalized spacial score (nSPS) is 10.9. The summed E-state index contributed by atoms with van der Waals surface area (Å²) in [5, 5.41) is 4.76. The predicted molar refractivity (Wildman–Crippen MR) is 121 cm³/mol. The van der Waals surface area contributed by atoms with Gasteiger partial charge in [-0.15, -0.1) is 0 Å². The van der Waals surface area contributed by atoms with E-state index in [4.69, 9.17) is 4.98 Å². The maximum absolute atomic E-state index is 4.81. The smallest absolute Gasteiger partial charge is 0.127 e. The number of pyridine rings is 3. The van der Waals surface area contributed by atoms with E-state index in [2.05, 4.69) is 62.9 Å². The lowest BCUT2D eigenvalue weighted by molar-refractivity contribution is 1.01. The zero-order chi connectivity index (χ0) is 20.2. The summed E-state index contributed by atoms with van der Waals surface area (Å²) in [7, 11) is 0. The highest BCUT2D eigenvalue weighted by atomic mass is 15.0. The number of aromatic nitrogens is 4. The van der Waals surface area contributed by atoms with Gasteiger partial charge in [0.15, 0.2) is 0 Å². The van der Waals surface area contributed by atoms with E-state index in [0.29, 0.717) is 0 Å². The molecule has 5 aromatic rings. The second kappa shape index (κ2) is 8.17. The maximum atomic E-state index is 4.81. The van der Waals surface area contributed by atoms with Crippen molar-refractivity contribution in [2.45, 2.75) is 6.42 Å². The summed E-state index contributed by atoms with van der Waals surface area (Å²) in [6.07, 6.45) is 8.43. The minimum absolute atomic E-state index is 0.785. The fourth-order valence-electron chi connectivity index (χ4n) is 3.63. The highest BCUT2D eigenvalue weighted by Crippen LogP contribution is 2.26. The molecule has 4 heterocycles. The Bertz CT molecular complexity index is 1200. The van der Waals surface area contributed by atoms with Crippen LogP contribution in [0, 0.1) is 0 Å². The van der Waals surface area contributed by atoms with Gasteiger partial charge in [0.05, 0.1) is 11.4 Å². The lowest BCUT2D eigenvalue weighted by atomic mass is 10.1. The van der Waals surface area contributed by atoms with E-state index in [0.717, 1.165) is 41.3 Å². The van der Waals surface area contributed by atoms with Gasteiger partial charge in [0, 0.05) is 47.8 Å². The van der Waals surface area contributed by atoms with Gasteiger partial charge in [-0.05, 0) is 53.9 Å². The van der Waals surface area contributed by atoms with Crippen LogP contribution in [0.25, 0.3) is 33.4 Å². The molecule has 146 valence electrons. The fraction of sp³-hybridized carbons (Fsp3) is 0.0800. The van der Waals surface area contributed by atoms with Crippen LogP contribution in [0.3, 0.4) is 0 Å². The van der Waals surface area contributed by atoms with E-state index < -0.39 is 0 Å². The van der Waals surface area contributed by atoms with Gasteiger partial charge in [-0.25, -0.2) is 4.98 Å². The van der Waals surface area contributed by atoms with Gasteiger partial charge in [0.25, 0.3) is 0 Å². The fourth-order valence-corrected chi connectivity index (χ4v) is 3.63. The molecule has 0 amide bonds. The molecule has 2 N–H and O–H groups in total. The molecule has 0 spiro atoms. The van der Waals surface area contributed by atoms with Crippen molar-refractivity contribution in [3.63, 3.8) is 0 Å². The van der Waals surface area contributed by atoms with Crippen molar-refractivity contribution in [3.05, 3.63) is 97.1 Å². The molecule has 0 unspecified atom stereocenters. The van der Waals surface area contributed by atoms with Gasteiger partial charge in [0.1, 0.15) is 5.82 Å². The lowest BCUT2D eigenvalue weighted by Crippen LogP contribution is -2.07. The first kappa shape index (κ1) is 18.1. The van der Waals surface area contributed by atoms with Crippen molar-refractivity contribution in [3.8, 4) is 22.5 Å². The number of nitrogens with zero attached hydrogens (tertiary/aromatic N) is 3. The molecule has 1 aromatic carbocycles. The molecule has 4 aromatic heterocycles. The lowest BCUT2D eigenvalue weighted by Gasteiger charge is -2.11. The van der Waals surface area contributed by atoms with Crippen LogP contribution in [0.1, 0.15) is 5.56 Å². The first-order valence-electron chi connectivity index (χ1n) is 9.99. The first-order valence-corrected chi connectivity index (χ1v) is 9.99. The summed E-state index contributed by atoms with van der Waals surface area (Å²) in [6, 6.07) is 22.4. The Kier molecular flexibility index (Phi) is 4.92. The van der Waals surface area contributed by atoms with Crippen LogP contribution in [-0.2, 0) is 6.42 Å². The van der Waals surface area contributed by atoms with Gasteiger partial charge in [0.2, 0.25) is 0 Å². The summed E-state index contributed by atoms with van der Waals surface area (Å²) in [4.78, 5) is 16.9. The average Bonchev–Trinajstić information content (AvgIpc) is 3.23. The SMILES string of the molecule is c1ccc(-c2cc(-c3cccnc3)cc(NCCc3c[nH]c4ccccc34)n2)nc1. The molecule has 0 aliphatic heterocycles. The molecule has 0 aliphatic rings. The molecule has 0 bridgehead atoms. The summed E-state index contributed by atoms with van der Waals surface area (Å²) < 4.78 is 0. The minimum Gasteiger partial charge on any atom is -0.370 e. The molecule has 0 aliphatic carbocycles. The third-order valence-corrected chi connectivity index (χ3v) is 5.12. The molecule has 30 heavy (non-hydrogen) atoms. The molecule has 0 saturated carbocycles. The van der Waals surface area contributed by atoms with Crippen molar-refractivity contribution in [1.82, 2.24) is 19.9 Å². The highest BCUT2D eigenvalue weighted by molar-refractivity contribution is 5.83.